The number of H-pyrrole nitrogens is 2. The smallest absolute Gasteiger partial charge is 0.485 e. The lowest BCUT2D eigenvalue weighted by Crippen LogP contribution is -2.22. The van der Waals surface area contributed by atoms with Gasteiger partial charge in [-0.15, -0.1) is 0 Å². The summed E-state index contributed by atoms with van der Waals surface area (Å²) in [6.07, 6.45) is -7.07. The van der Waals surface area contributed by atoms with Gasteiger partial charge >= 0.3 is 24.3 Å². The average molecular weight is 624 g/mol. The second kappa shape index (κ2) is 12.7. The molecule has 1 aliphatic heterocycles. The number of aromatic amines is 2. The Kier molecular flexibility index (Phi) is 9.01. The van der Waals surface area contributed by atoms with Gasteiger partial charge in [-0.05, 0) is 18.2 Å². The minimum atomic E-state index is -5.08. The molecule has 6 rings (SSSR count). The molecule has 4 N–H and O–H groups in total. The van der Waals surface area contributed by atoms with Crippen molar-refractivity contribution in [2.24, 2.45) is 0 Å². The van der Waals surface area contributed by atoms with Gasteiger partial charge in [-0.3, -0.25) is 5.10 Å². The van der Waals surface area contributed by atoms with Crippen molar-refractivity contribution < 1.29 is 55.6 Å². The zero-order valence-electron chi connectivity index (χ0n) is 21.7. The van der Waals surface area contributed by atoms with Crippen LogP contribution in [0.2, 0.25) is 0 Å². The van der Waals surface area contributed by atoms with Gasteiger partial charge in [0.2, 0.25) is 0 Å². The molecule has 0 saturated carbocycles. The summed E-state index contributed by atoms with van der Waals surface area (Å²) in [4.78, 5) is 34.2. The number of benzene rings is 2. The molecule has 3 aromatic heterocycles. The quantitative estimate of drug-likeness (QED) is 0.196. The van der Waals surface area contributed by atoms with Gasteiger partial charge in [0.25, 0.3) is 0 Å². The number of para-hydroxylation sites is 2. The minimum Gasteiger partial charge on any atom is -0.485 e. The predicted octanol–water partition coefficient (Wildman–Crippen LogP) is 5.19. The first kappa shape index (κ1) is 31.3. The maximum absolute atomic E-state index is 10.6. The molecule has 0 spiro atoms. The van der Waals surface area contributed by atoms with Crippen LogP contribution in [0.3, 0.4) is 0 Å². The third kappa shape index (κ3) is 7.58. The molecule has 0 amide bonds. The van der Waals surface area contributed by atoms with E-state index < -0.39 is 24.3 Å². The number of carboxylic acids is 2. The molecule has 0 aliphatic carbocycles. The normalized spacial score (nSPS) is 14.1. The first-order valence-electron chi connectivity index (χ1n) is 12.0. The Bertz CT molecular complexity index is 1730. The van der Waals surface area contributed by atoms with Crippen LogP contribution in [-0.4, -0.2) is 71.2 Å². The number of carboxylic acid groups (broad SMARTS) is 2. The van der Waals surface area contributed by atoms with Gasteiger partial charge in [0.05, 0.1) is 5.69 Å². The molecule has 0 bridgehead atoms. The van der Waals surface area contributed by atoms with Gasteiger partial charge in [0.15, 0.2) is 29.3 Å². The number of aromatic nitrogens is 6. The Morgan fingerprint density at radius 3 is 2.05 bits per heavy atom. The lowest BCUT2D eigenvalue weighted by atomic mass is 10.1. The summed E-state index contributed by atoms with van der Waals surface area (Å²) in [7, 11) is 0. The molecule has 5 aromatic rings. The van der Waals surface area contributed by atoms with E-state index >= 15 is 0 Å². The Morgan fingerprint density at radius 1 is 0.841 bits per heavy atom. The van der Waals surface area contributed by atoms with E-state index in [4.69, 9.17) is 29.3 Å². The highest BCUT2D eigenvalue weighted by molar-refractivity contribution is 5.90. The summed E-state index contributed by atoms with van der Waals surface area (Å²) < 4.78 is 75.2. The lowest BCUT2D eigenvalue weighted by molar-refractivity contribution is -0.193. The number of halogens is 6. The summed E-state index contributed by atoms with van der Waals surface area (Å²) in [5, 5.41) is 22.6. The minimum absolute atomic E-state index is 0.330. The van der Waals surface area contributed by atoms with Crippen molar-refractivity contribution in [2.45, 2.75) is 18.5 Å². The van der Waals surface area contributed by atoms with E-state index in [0.29, 0.717) is 24.0 Å². The second-order valence-corrected chi connectivity index (χ2v) is 8.55. The zero-order valence-corrected chi connectivity index (χ0v) is 21.7. The molecule has 2 aromatic carbocycles. The zero-order chi connectivity index (χ0) is 32.1. The number of alkyl halides is 6. The van der Waals surface area contributed by atoms with Crippen molar-refractivity contribution in [3.05, 3.63) is 72.9 Å². The van der Waals surface area contributed by atoms with Gasteiger partial charge in [-0.1, -0.05) is 36.4 Å². The van der Waals surface area contributed by atoms with E-state index in [2.05, 4.69) is 30.1 Å². The van der Waals surface area contributed by atoms with Crippen molar-refractivity contribution in [3.63, 3.8) is 0 Å². The van der Waals surface area contributed by atoms with E-state index in [0.717, 1.165) is 33.6 Å². The standard InChI is InChI=1S/C22H16N6O2.2C2HF3O2/c1-2-4-17-16(3-1)29-11-18(30-17)22-26-20(27-28-22)14-7-5-13(6-8-14)19-15-9-10-23-21(15)25-12-24-19;2*3-2(4,5)1(6)7/h1-10,12,18H,11H2,(H,23,24,25)(H,26,27,28);2*(H,6,7). The van der Waals surface area contributed by atoms with Gasteiger partial charge in [0.1, 0.15) is 18.6 Å². The van der Waals surface area contributed by atoms with Crippen molar-refractivity contribution in [2.75, 3.05) is 6.61 Å². The molecule has 0 saturated heterocycles. The number of hydrogen-bond donors (Lipinski definition) is 4. The third-order valence-electron chi connectivity index (χ3n) is 5.57. The number of rotatable bonds is 3. The molecule has 230 valence electrons. The van der Waals surface area contributed by atoms with Crippen LogP contribution in [0, 0.1) is 0 Å². The molecule has 1 aliphatic rings. The number of hydrogen-bond acceptors (Lipinski definition) is 8. The maximum Gasteiger partial charge on any atom is 0.490 e. The highest BCUT2D eigenvalue weighted by Gasteiger charge is 2.38. The van der Waals surface area contributed by atoms with Crippen molar-refractivity contribution >= 4 is 23.0 Å². The fourth-order valence-corrected chi connectivity index (χ4v) is 3.58. The summed E-state index contributed by atoms with van der Waals surface area (Å²) in [5.41, 5.74) is 3.61. The first-order chi connectivity index (χ1) is 20.7. The van der Waals surface area contributed by atoms with Gasteiger partial charge in [-0.25, -0.2) is 24.5 Å². The predicted molar refractivity (Wildman–Crippen MR) is 137 cm³/mol. The number of ether oxygens (including phenoxy) is 2. The SMILES string of the molecule is O=C(O)C(F)(F)F.O=C(O)C(F)(F)F.c1ccc2c(c1)OCC(c1nc(-c3ccc(-c4ncnc5[nH]ccc45)cc3)n[nH]1)O2. The van der Waals surface area contributed by atoms with Gasteiger partial charge in [-0.2, -0.15) is 31.4 Å². The highest BCUT2D eigenvalue weighted by atomic mass is 19.4. The molecule has 0 radical (unpaired) electrons. The summed E-state index contributed by atoms with van der Waals surface area (Å²) in [6.45, 7) is 0.380. The molecule has 4 heterocycles. The second-order valence-electron chi connectivity index (χ2n) is 8.55. The molecule has 1 atom stereocenters. The van der Waals surface area contributed by atoms with Crippen molar-refractivity contribution in [1.29, 1.82) is 0 Å². The molecular weight excluding hydrogens is 606 g/mol. The first-order valence-corrected chi connectivity index (χ1v) is 12.0. The van der Waals surface area contributed by atoms with Crippen molar-refractivity contribution in [1.82, 2.24) is 30.1 Å². The molecule has 12 nitrogen and oxygen atoms in total. The summed E-state index contributed by atoms with van der Waals surface area (Å²) in [6, 6.07) is 17.6. The Morgan fingerprint density at radius 2 is 1.43 bits per heavy atom. The Hall–Kier alpha value is -5.68. The Labute approximate surface area is 241 Å². The van der Waals surface area contributed by atoms with Crippen LogP contribution in [0.25, 0.3) is 33.7 Å². The van der Waals surface area contributed by atoms with Crippen LogP contribution < -0.4 is 9.47 Å². The van der Waals surface area contributed by atoms with Crippen LogP contribution in [0.5, 0.6) is 11.5 Å². The number of nitrogens with one attached hydrogen (secondary N) is 2. The number of nitrogens with zero attached hydrogens (tertiary/aromatic N) is 4. The fraction of sp³-hybridized carbons (Fsp3) is 0.154. The topological polar surface area (TPSA) is 176 Å². The average Bonchev–Trinajstić information content (AvgIpc) is 3.67. The Balaban J connectivity index is 0.000000265. The van der Waals surface area contributed by atoms with E-state index in [1.165, 1.54) is 0 Å². The molecular formula is C26H18F6N6O6. The van der Waals surface area contributed by atoms with Crippen LogP contribution in [0.15, 0.2) is 67.1 Å². The summed E-state index contributed by atoms with van der Waals surface area (Å²) in [5.74, 6) is -2.83. The van der Waals surface area contributed by atoms with Crippen LogP contribution in [0.4, 0.5) is 26.3 Å². The van der Waals surface area contributed by atoms with E-state index in [1.807, 2.05) is 60.8 Å². The number of carbonyl (C=O) groups is 2. The largest absolute Gasteiger partial charge is 0.490 e. The number of fused-ring (bicyclic) bond motifs is 2. The monoisotopic (exact) mass is 624 g/mol. The fourth-order valence-electron chi connectivity index (χ4n) is 3.58. The van der Waals surface area contributed by atoms with E-state index in [-0.39, 0.29) is 6.10 Å². The molecule has 0 fully saturated rings. The van der Waals surface area contributed by atoms with Gasteiger partial charge < -0.3 is 24.7 Å². The maximum atomic E-state index is 10.6. The third-order valence-corrected chi connectivity index (χ3v) is 5.57. The van der Waals surface area contributed by atoms with Crippen LogP contribution >= 0.6 is 0 Å². The number of aliphatic carboxylic acids is 2. The molecule has 44 heavy (non-hydrogen) atoms. The van der Waals surface area contributed by atoms with E-state index in [9.17, 15) is 26.3 Å². The molecule has 1 unspecified atom stereocenters. The van der Waals surface area contributed by atoms with Crippen molar-refractivity contribution in [3.8, 4) is 34.1 Å². The molecule has 18 heteroatoms. The van der Waals surface area contributed by atoms with Gasteiger partial charge in [0, 0.05) is 22.7 Å². The van der Waals surface area contributed by atoms with Crippen LogP contribution in [-0.2, 0) is 9.59 Å². The van der Waals surface area contributed by atoms with Crippen LogP contribution in [0.1, 0.15) is 11.9 Å². The van der Waals surface area contributed by atoms with E-state index in [1.54, 1.807) is 6.33 Å². The highest BCUT2D eigenvalue weighted by Crippen LogP contribution is 2.35. The summed E-state index contributed by atoms with van der Waals surface area (Å²) >= 11 is 0. The lowest BCUT2D eigenvalue weighted by Gasteiger charge is -2.24.